The molecule has 124 valence electrons. The van der Waals surface area contributed by atoms with Gasteiger partial charge in [0.1, 0.15) is 5.41 Å². The molecule has 1 unspecified atom stereocenters. The molecule has 0 aliphatic rings. The van der Waals surface area contributed by atoms with E-state index >= 15 is 0 Å². The first-order valence-electron chi connectivity index (χ1n) is 8.51. The lowest BCUT2D eigenvalue weighted by molar-refractivity contribution is -0.110. The van der Waals surface area contributed by atoms with Crippen LogP contribution in [-0.2, 0) is 4.79 Å². The topological polar surface area (TPSA) is 17.1 Å². The summed E-state index contributed by atoms with van der Waals surface area (Å²) >= 11 is 0. The van der Waals surface area contributed by atoms with Crippen LogP contribution in [0.5, 0.6) is 0 Å². The molecule has 1 atom stereocenters. The average molecular weight is 343 g/mol. The molecule has 0 saturated carbocycles. The minimum absolute atomic E-state index is 0.268. The molecule has 0 amide bonds. The molecule has 0 aliphatic heterocycles. The molecule has 3 aromatic carbocycles. The molecule has 25 heavy (non-hydrogen) atoms. The van der Waals surface area contributed by atoms with E-state index in [1.165, 1.54) is 0 Å². The number of hydrogen-bond acceptors (Lipinski definition) is 1. The summed E-state index contributed by atoms with van der Waals surface area (Å²) in [5.41, 5.74) is 2.25. The monoisotopic (exact) mass is 342 g/mol. The predicted octanol–water partition coefficient (Wildman–Crippen LogP) is 4.88. The third-order valence-electron chi connectivity index (χ3n) is 4.79. The number of carbonyl (C=O) groups excluding carboxylic acids is 1. The maximum absolute atomic E-state index is 12.9. The van der Waals surface area contributed by atoms with Gasteiger partial charge in [0.05, 0.1) is 0 Å². The van der Waals surface area contributed by atoms with Crippen LogP contribution in [-0.4, -0.2) is 13.5 Å². The van der Waals surface area contributed by atoms with Crippen molar-refractivity contribution in [3.63, 3.8) is 0 Å². The van der Waals surface area contributed by atoms with Crippen molar-refractivity contribution in [3.05, 3.63) is 102 Å². The number of carbonyl (C=O) groups is 1. The smallest absolute Gasteiger partial charge is 0.190 e. The molecule has 2 heteroatoms. The van der Waals surface area contributed by atoms with Crippen molar-refractivity contribution in [2.24, 2.45) is 0 Å². The van der Waals surface area contributed by atoms with Gasteiger partial charge < -0.3 is 4.79 Å². The molecule has 0 fully saturated rings. The van der Waals surface area contributed by atoms with Gasteiger partial charge in [0, 0.05) is 0 Å². The molecule has 1 nitrogen and oxygen atoms in total. The van der Waals surface area contributed by atoms with E-state index in [0.29, 0.717) is 0 Å². The van der Waals surface area contributed by atoms with Crippen molar-refractivity contribution >= 4 is 29.9 Å². The zero-order valence-corrected chi connectivity index (χ0v) is 15.6. The van der Waals surface area contributed by atoms with Crippen molar-refractivity contribution in [2.45, 2.75) is 13.5 Å². The summed E-state index contributed by atoms with van der Waals surface area (Å²) in [6, 6.07) is 30.8. The minimum atomic E-state index is -2.53. The van der Waals surface area contributed by atoms with Crippen LogP contribution in [0.4, 0.5) is 0 Å². The Hall–Kier alpha value is -2.71. The summed E-state index contributed by atoms with van der Waals surface area (Å²) in [7, 11) is -2.53. The van der Waals surface area contributed by atoms with E-state index in [1.54, 1.807) is 6.92 Å². The molecule has 0 aromatic heterocycles. The van der Waals surface area contributed by atoms with Crippen LogP contribution in [0.15, 0.2) is 91.0 Å². The molecular formula is C23H22OSi. The summed E-state index contributed by atoms with van der Waals surface area (Å²) in [6.45, 7) is 3.90. The van der Waals surface area contributed by atoms with E-state index in [1.807, 2.05) is 54.6 Å². The number of benzene rings is 3. The van der Waals surface area contributed by atoms with Gasteiger partial charge in [0.15, 0.2) is 8.07 Å². The molecule has 0 spiro atoms. The van der Waals surface area contributed by atoms with Gasteiger partial charge in [-0.1, -0.05) is 104 Å². The van der Waals surface area contributed by atoms with Crippen molar-refractivity contribution in [3.8, 4) is 0 Å². The highest BCUT2D eigenvalue weighted by Crippen LogP contribution is 2.29. The summed E-state index contributed by atoms with van der Waals surface area (Å²) in [4.78, 5) is 12.9. The van der Waals surface area contributed by atoms with Crippen LogP contribution >= 0.6 is 0 Å². The highest BCUT2D eigenvalue weighted by atomic mass is 28.3. The maximum atomic E-state index is 12.9. The van der Waals surface area contributed by atoms with Crippen molar-refractivity contribution in [1.29, 1.82) is 0 Å². The third kappa shape index (κ3) is 3.54. The molecule has 3 rings (SSSR count). The molecule has 0 heterocycles. The molecule has 0 saturated heterocycles. The summed E-state index contributed by atoms with van der Waals surface area (Å²) in [5, 5.41) is 2.57. The molecule has 0 radical (unpaired) electrons. The van der Waals surface area contributed by atoms with Crippen LogP contribution in [0.1, 0.15) is 18.1 Å². The highest BCUT2D eigenvalue weighted by Gasteiger charge is 2.39. The SMILES string of the molecule is CC(=O)[Si](C)(/C(=C/c1ccccc1)c1ccccc1)c1ccccc1. The second-order valence-electron chi connectivity index (χ2n) is 6.38. The van der Waals surface area contributed by atoms with Crippen LogP contribution in [0.2, 0.25) is 6.55 Å². The van der Waals surface area contributed by atoms with E-state index < -0.39 is 8.07 Å². The summed E-state index contributed by atoms with van der Waals surface area (Å²) in [6.07, 6.45) is 2.19. The van der Waals surface area contributed by atoms with E-state index in [4.69, 9.17) is 0 Å². The van der Waals surface area contributed by atoms with Crippen LogP contribution in [0.3, 0.4) is 0 Å². The first-order valence-corrected chi connectivity index (χ1v) is 11.0. The largest absolute Gasteiger partial charge is 0.305 e. The van der Waals surface area contributed by atoms with E-state index in [-0.39, 0.29) is 5.41 Å². The molecule has 0 bridgehead atoms. The van der Waals surface area contributed by atoms with Gasteiger partial charge >= 0.3 is 0 Å². The second kappa shape index (κ2) is 7.45. The second-order valence-corrected chi connectivity index (χ2v) is 10.5. The molecular weight excluding hydrogens is 320 g/mol. The van der Waals surface area contributed by atoms with Gasteiger partial charge in [-0.15, -0.1) is 0 Å². The predicted molar refractivity (Wildman–Crippen MR) is 109 cm³/mol. The van der Waals surface area contributed by atoms with Gasteiger partial charge in [-0.05, 0) is 28.4 Å². The van der Waals surface area contributed by atoms with Gasteiger partial charge in [0.2, 0.25) is 0 Å². The van der Waals surface area contributed by atoms with E-state index in [9.17, 15) is 4.79 Å². The fourth-order valence-corrected chi connectivity index (χ4v) is 6.33. The lowest BCUT2D eigenvalue weighted by atomic mass is 10.1. The first kappa shape index (κ1) is 17.1. The van der Waals surface area contributed by atoms with Crippen molar-refractivity contribution < 1.29 is 4.79 Å². The van der Waals surface area contributed by atoms with Crippen LogP contribution in [0.25, 0.3) is 11.3 Å². The lowest BCUT2D eigenvalue weighted by Gasteiger charge is -2.29. The van der Waals surface area contributed by atoms with Gasteiger partial charge in [-0.2, -0.15) is 0 Å². The molecule has 3 aromatic rings. The lowest BCUT2D eigenvalue weighted by Crippen LogP contribution is -2.53. The Morgan fingerprint density at radius 3 is 1.76 bits per heavy atom. The van der Waals surface area contributed by atoms with Crippen molar-refractivity contribution in [2.75, 3.05) is 0 Å². The number of rotatable bonds is 5. The Morgan fingerprint density at radius 2 is 1.24 bits per heavy atom. The van der Waals surface area contributed by atoms with Gasteiger partial charge in [-0.25, -0.2) is 0 Å². The van der Waals surface area contributed by atoms with Crippen LogP contribution < -0.4 is 5.19 Å². The minimum Gasteiger partial charge on any atom is -0.305 e. The Balaban J connectivity index is 2.26. The Bertz CT molecular complexity index is 870. The molecule has 0 N–H and O–H groups in total. The van der Waals surface area contributed by atoms with Crippen LogP contribution in [0, 0.1) is 0 Å². The standard InChI is InChI=1S/C23H22OSi/c1-19(24)25(2,22-16-10-5-11-17-22)23(21-14-8-4-9-15-21)18-20-12-6-3-7-13-20/h3-18H,1-2H3/b23-18+. The fraction of sp³-hybridized carbons (Fsp3) is 0.0870. The molecule has 0 aliphatic carbocycles. The van der Waals surface area contributed by atoms with Gasteiger partial charge in [-0.3, -0.25) is 0 Å². The van der Waals surface area contributed by atoms with Crippen molar-refractivity contribution in [1.82, 2.24) is 0 Å². The zero-order chi connectivity index (χ0) is 17.7. The Kier molecular flexibility index (Phi) is 5.10. The highest BCUT2D eigenvalue weighted by molar-refractivity contribution is 7.25. The van der Waals surface area contributed by atoms with Gasteiger partial charge in [0.25, 0.3) is 0 Å². The Morgan fingerprint density at radius 1 is 0.760 bits per heavy atom. The van der Waals surface area contributed by atoms with E-state index in [2.05, 4.69) is 49.0 Å². The number of hydrogen-bond donors (Lipinski definition) is 0. The first-order chi connectivity index (χ1) is 12.1. The maximum Gasteiger partial charge on any atom is 0.190 e. The third-order valence-corrected chi connectivity index (χ3v) is 9.20. The summed E-state index contributed by atoms with van der Waals surface area (Å²) in [5.74, 6) is 0. The fourth-order valence-electron chi connectivity index (χ4n) is 3.17. The summed E-state index contributed by atoms with van der Waals surface area (Å²) < 4.78 is 0. The van der Waals surface area contributed by atoms with E-state index in [0.717, 1.165) is 21.5 Å². The zero-order valence-electron chi connectivity index (χ0n) is 14.6. The normalized spacial score (nSPS) is 13.9. The quantitative estimate of drug-likeness (QED) is 0.477. The average Bonchev–Trinajstić information content (AvgIpc) is 2.67. The Labute approximate surface area is 150 Å².